The van der Waals surface area contributed by atoms with Crippen molar-refractivity contribution in [2.45, 2.75) is 44.9 Å². The number of aromatic carboxylic acids is 1. The van der Waals surface area contributed by atoms with Crippen molar-refractivity contribution in [1.29, 1.82) is 0 Å². The summed E-state index contributed by atoms with van der Waals surface area (Å²) in [6.45, 7) is 2.18. The zero-order valence-corrected chi connectivity index (χ0v) is 17.3. The van der Waals surface area contributed by atoms with E-state index >= 15 is 0 Å². The number of carbonyl (C=O) groups is 1. The topological polar surface area (TPSA) is 78.9 Å². The summed E-state index contributed by atoms with van der Waals surface area (Å²) in [5.74, 6) is 1.01. The molecule has 6 heteroatoms. The van der Waals surface area contributed by atoms with E-state index in [1.807, 2.05) is 36.4 Å². The van der Waals surface area contributed by atoms with E-state index in [0.29, 0.717) is 17.5 Å². The maximum absolute atomic E-state index is 11.4. The minimum absolute atomic E-state index is 0.271. The number of benzene rings is 2. The van der Waals surface area contributed by atoms with Crippen molar-refractivity contribution in [3.8, 4) is 11.1 Å². The standard InChI is InChI=1S/C23H25N3O2S/c1-2-3-6-18(13-14-29)22-24-21(25-26-22)15-16-9-11-17(12-10-16)19-7-4-5-8-20(19)23(27)28/h4-5,7-12,14,18H,2-3,6,13,15H2,1H3,(H,27,28)(H,24,25,26). The van der Waals surface area contributed by atoms with Crippen molar-refractivity contribution >= 4 is 23.6 Å². The van der Waals surface area contributed by atoms with Crippen LogP contribution in [0, 0.1) is 0 Å². The van der Waals surface area contributed by atoms with Crippen LogP contribution in [0.3, 0.4) is 0 Å². The molecule has 150 valence electrons. The Hall–Kier alpha value is -2.86. The Labute approximate surface area is 176 Å². The van der Waals surface area contributed by atoms with Crippen LogP contribution in [0.15, 0.2) is 48.5 Å². The molecule has 0 amide bonds. The fourth-order valence-corrected chi connectivity index (χ4v) is 3.64. The van der Waals surface area contributed by atoms with Crippen molar-refractivity contribution in [3.63, 3.8) is 0 Å². The molecule has 0 aliphatic rings. The lowest BCUT2D eigenvalue weighted by atomic mass is 9.98. The third-order valence-corrected chi connectivity index (χ3v) is 5.19. The van der Waals surface area contributed by atoms with Crippen molar-refractivity contribution in [1.82, 2.24) is 15.2 Å². The molecule has 29 heavy (non-hydrogen) atoms. The van der Waals surface area contributed by atoms with Gasteiger partial charge in [0.05, 0.1) is 5.56 Å². The van der Waals surface area contributed by atoms with E-state index in [9.17, 15) is 9.90 Å². The zero-order chi connectivity index (χ0) is 20.6. The van der Waals surface area contributed by atoms with Crippen LogP contribution in [0.5, 0.6) is 0 Å². The normalized spacial score (nSPS) is 11.9. The van der Waals surface area contributed by atoms with Crippen LogP contribution in [-0.4, -0.2) is 31.6 Å². The number of aromatic amines is 1. The number of hydrogen-bond donors (Lipinski definition) is 2. The van der Waals surface area contributed by atoms with E-state index in [1.54, 1.807) is 17.5 Å². The first-order chi connectivity index (χ1) is 14.1. The number of aromatic nitrogens is 3. The smallest absolute Gasteiger partial charge is 0.336 e. The molecule has 0 spiro atoms. The summed E-state index contributed by atoms with van der Waals surface area (Å²) >= 11 is 5.04. The van der Waals surface area contributed by atoms with Gasteiger partial charge in [0.15, 0.2) is 5.82 Å². The van der Waals surface area contributed by atoms with E-state index in [4.69, 9.17) is 12.2 Å². The zero-order valence-electron chi connectivity index (χ0n) is 16.5. The maximum atomic E-state index is 11.4. The lowest BCUT2D eigenvalue weighted by molar-refractivity contribution is 0.0697. The highest BCUT2D eigenvalue weighted by Gasteiger charge is 2.16. The van der Waals surface area contributed by atoms with Gasteiger partial charge in [-0.05, 0) is 41.0 Å². The van der Waals surface area contributed by atoms with Crippen LogP contribution in [0.2, 0.25) is 0 Å². The molecule has 1 heterocycles. The van der Waals surface area contributed by atoms with Gasteiger partial charge < -0.3 is 5.11 Å². The van der Waals surface area contributed by atoms with E-state index in [0.717, 1.165) is 48.5 Å². The Morgan fingerprint density at radius 1 is 1.21 bits per heavy atom. The average molecular weight is 408 g/mol. The molecule has 3 aromatic rings. The van der Waals surface area contributed by atoms with Crippen LogP contribution in [0.4, 0.5) is 0 Å². The molecule has 0 aliphatic carbocycles. The summed E-state index contributed by atoms with van der Waals surface area (Å²) in [5.41, 5.74) is 2.99. The molecular weight excluding hydrogens is 382 g/mol. The monoisotopic (exact) mass is 407 g/mol. The second-order valence-corrected chi connectivity index (χ2v) is 7.44. The molecule has 2 aromatic carbocycles. The summed E-state index contributed by atoms with van der Waals surface area (Å²) in [6.07, 6.45) is 4.77. The van der Waals surface area contributed by atoms with Crippen LogP contribution < -0.4 is 0 Å². The van der Waals surface area contributed by atoms with Gasteiger partial charge in [-0.2, -0.15) is 5.10 Å². The van der Waals surface area contributed by atoms with Gasteiger partial charge in [0.1, 0.15) is 5.82 Å². The predicted octanol–water partition coefficient (Wildman–Crippen LogP) is 5.42. The molecule has 1 unspecified atom stereocenters. The lowest BCUT2D eigenvalue weighted by Crippen LogP contribution is -2.02. The average Bonchev–Trinajstić information content (AvgIpc) is 3.20. The Kier molecular flexibility index (Phi) is 7.25. The van der Waals surface area contributed by atoms with Crippen LogP contribution in [0.1, 0.15) is 66.1 Å². The molecule has 0 radical (unpaired) electrons. The summed E-state index contributed by atoms with van der Waals surface area (Å²) in [4.78, 5) is 16.1. The lowest BCUT2D eigenvalue weighted by Gasteiger charge is -2.09. The third-order valence-electron chi connectivity index (χ3n) is 5.00. The number of carboxylic acids is 1. The maximum Gasteiger partial charge on any atom is 0.336 e. The van der Waals surface area contributed by atoms with Gasteiger partial charge in [0.25, 0.3) is 0 Å². The Morgan fingerprint density at radius 2 is 1.97 bits per heavy atom. The number of nitrogens with zero attached hydrogens (tertiary/aromatic N) is 2. The number of hydrogen-bond acceptors (Lipinski definition) is 4. The molecule has 5 nitrogen and oxygen atoms in total. The molecule has 0 bridgehead atoms. The predicted molar refractivity (Wildman–Crippen MR) is 119 cm³/mol. The largest absolute Gasteiger partial charge is 0.478 e. The minimum atomic E-state index is -0.923. The van der Waals surface area contributed by atoms with Crippen LogP contribution in [0.25, 0.3) is 11.1 Å². The first-order valence-corrected chi connectivity index (χ1v) is 10.4. The molecule has 0 fully saturated rings. The first kappa shape index (κ1) is 20.9. The first-order valence-electron chi connectivity index (χ1n) is 9.88. The van der Waals surface area contributed by atoms with Crippen molar-refractivity contribution in [2.75, 3.05) is 0 Å². The Balaban J connectivity index is 1.73. The third kappa shape index (κ3) is 5.35. The Morgan fingerprint density at radius 3 is 2.66 bits per heavy atom. The molecular formula is C23H25N3O2S. The van der Waals surface area contributed by atoms with Crippen molar-refractivity contribution in [2.24, 2.45) is 0 Å². The number of unbranched alkanes of at least 4 members (excludes halogenated alkanes) is 1. The molecule has 1 atom stereocenters. The Bertz CT molecular complexity index is 966. The molecule has 0 saturated carbocycles. The summed E-state index contributed by atoms with van der Waals surface area (Å²) < 4.78 is 0. The summed E-state index contributed by atoms with van der Waals surface area (Å²) in [5, 5.41) is 18.6. The quantitative estimate of drug-likeness (QED) is 0.439. The van der Waals surface area contributed by atoms with Crippen molar-refractivity contribution in [3.05, 3.63) is 71.3 Å². The number of H-pyrrole nitrogens is 1. The second-order valence-electron chi connectivity index (χ2n) is 7.11. The highest BCUT2D eigenvalue weighted by Crippen LogP contribution is 2.25. The van der Waals surface area contributed by atoms with Crippen LogP contribution in [-0.2, 0) is 6.42 Å². The van der Waals surface area contributed by atoms with Crippen molar-refractivity contribution < 1.29 is 9.90 Å². The number of rotatable bonds is 10. The summed E-state index contributed by atoms with van der Waals surface area (Å²) in [7, 11) is 0. The van der Waals surface area contributed by atoms with E-state index < -0.39 is 5.97 Å². The molecule has 1 aromatic heterocycles. The molecule has 2 N–H and O–H groups in total. The van der Waals surface area contributed by atoms with Gasteiger partial charge in [0, 0.05) is 12.3 Å². The van der Waals surface area contributed by atoms with E-state index in [1.165, 1.54) is 0 Å². The SMILES string of the molecule is CCCCC(CC=S)c1n[nH]c(Cc2ccc(-c3ccccc3C(=O)O)cc2)n1. The van der Waals surface area contributed by atoms with Crippen LogP contribution >= 0.6 is 12.2 Å². The number of nitrogens with one attached hydrogen (secondary N) is 1. The fourth-order valence-electron chi connectivity index (χ4n) is 3.41. The minimum Gasteiger partial charge on any atom is -0.478 e. The van der Waals surface area contributed by atoms with Gasteiger partial charge in [-0.1, -0.05) is 74.4 Å². The highest BCUT2D eigenvalue weighted by molar-refractivity contribution is 7.78. The molecule has 0 saturated heterocycles. The van der Waals surface area contributed by atoms with Gasteiger partial charge in [-0.3, -0.25) is 5.10 Å². The molecule has 0 aliphatic heterocycles. The van der Waals surface area contributed by atoms with Gasteiger partial charge in [-0.15, -0.1) is 0 Å². The number of thiocarbonyl (C=S) groups is 1. The van der Waals surface area contributed by atoms with E-state index in [-0.39, 0.29) is 5.92 Å². The fraction of sp³-hybridized carbons (Fsp3) is 0.304. The van der Waals surface area contributed by atoms with Gasteiger partial charge >= 0.3 is 5.97 Å². The summed E-state index contributed by atoms with van der Waals surface area (Å²) in [6, 6.07) is 14.9. The van der Waals surface area contributed by atoms with Gasteiger partial charge in [0.2, 0.25) is 0 Å². The highest BCUT2D eigenvalue weighted by atomic mass is 32.1. The van der Waals surface area contributed by atoms with Gasteiger partial charge in [-0.25, -0.2) is 9.78 Å². The number of carboxylic acid groups (broad SMARTS) is 1. The molecule has 3 rings (SSSR count). The van der Waals surface area contributed by atoms with E-state index in [2.05, 4.69) is 22.1 Å². The second kappa shape index (κ2) is 10.1.